The van der Waals surface area contributed by atoms with Crippen LogP contribution >= 0.6 is 11.3 Å². The Kier molecular flexibility index (Phi) is 4.66. The maximum atomic E-state index is 14.2. The molecular formula is C17H21FN2O2S. The largest absolute Gasteiger partial charge is 0.380 e. The minimum absolute atomic E-state index is 0.0155. The highest BCUT2D eigenvalue weighted by Crippen LogP contribution is 2.35. The van der Waals surface area contributed by atoms with Gasteiger partial charge in [0.1, 0.15) is 5.82 Å². The van der Waals surface area contributed by atoms with Crippen molar-refractivity contribution in [2.24, 2.45) is 0 Å². The van der Waals surface area contributed by atoms with Crippen molar-refractivity contribution in [2.75, 3.05) is 33.8 Å². The van der Waals surface area contributed by atoms with Gasteiger partial charge in [0.25, 0.3) is 5.91 Å². The average Bonchev–Trinajstić information content (AvgIpc) is 2.87. The third kappa shape index (κ3) is 2.98. The first-order chi connectivity index (χ1) is 11.0. The van der Waals surface area contributed by atoms with Gasteiger partial charge >= 0.3 is 0 Å². The van der Waals surface area contributed by atoms with Crippen LogP contribution in [0.1, 0.15) is 22.2 Å². The molecule has 3 rings (SSSR count). The van der Waals surface area contributed by atoms with Gasteiger partial charge in [0.2, 0.25) is 0 Å². The highest BCUT2D eigenvalue weighted by molar-refractivity contribution is 7.21. The molecule has 2 aromatic rings. The Morgan fingerprint density at radius 1 is 1.43 bits per heavy atom. The summed E-state index contributed by atoms with van der Waals surface area (Å²) in [4.78, 5) is 17.7. The Morgan fingerprint density at radius 2 is 2.22 bits per heavy atom. The first-order valence-electron chi connectivity index (χ1n) is 7.71. The SMILES string of the molecule is COCc1c(C(=O)N2CCN(C)CC2C)sc2cccc(F)c12. The second kappa shape index (κ2) is 6.55. The monoisotopic (exact) mass is 336 g/mol. The number of ether oxygens (including phenoxy) is 1. The number of fused-ring (bicyclic) bond motifs is 1. The zero-order valence-electron chi connectivity index (χ0n) is 13.6. The van der Waals surface area contributed by atoms with E-state index in [0.717, 1.165) is 17.8 Å². The van der Waals surface area contributed by atoms with Crippen molar-refractivity contribution in [3.63, 3.8) is 0 Å². The predicted molar refractivity (Wildman–Crippen MR) is 90.5 cm³/mol. The minimum Gasteiger partial charge on any atom is -0.380 e. The molecule has 1 unspecified atom stereocenters. The molecule has 1 atom stereocenters. The number of thiophene rings is 1. The summed E-state index contributed by atoms with van der Waals surface area (Å²) in [5.74, 6) is -0.311. The van der Waals surface area contributed by atoms with Crippen LogP contribution in [0, 0.1) is 5.82 Å². The van der Waals surface area contributed by atoms with Gasteiger partial charge in [0.05, 0.1) is 11.5 Å². The maximum Gasteiger partial charge on any atom is 0.264 e. The Hall–Kier alpha value is -1.50. The van der Waals surface area contributed by atoms with Crippen molar-refractivity contribution in [3.8, 4) is 0 Å². The Bertz CT molecular complexity index is 731. The van der Waals surface area contributed by atoms with Crippen LogP contribution in [0.5, 0.6) is 0 Å². The molecule has 0 spiro atoms. The van der Waals surface area contributed by atoms with Crippen molar-refractivity contribution >= 4 is 27.3 Å². The number of amides is 1. The zero-order chi connectivity index (χ0) is 16.6. The van der Waals surface area contributed by atoms with Gasteiger partial charge in [-0.1, -0.05) is 6.07 Å². The molecule has 0 radical (unpaired) electrons. The summed E-state index contributed by atoms with van der Waals surface area (Å²) in [6, 6.07) is 5.11. The van der Waals surface area contributed by atoms with E-state index in [4.69, 9.17) is 4.74 Å². The number of carbonyl (C=O) groups excluding carboxylic acids is 1. The molecule has 1 amide bonds. The molecule has 1 aliphatic heterocycles. The third-order valence-corrected chi connectivity index (χ3v) is 5.52. The van der Waals surface area contributed by atoms with E-state index < -0.39 is 0 Å². The molecule has 0 bridgehead atoms. The van der Waals surface area contributed by atoms with Gasteiger partial charge in [-0.2, -0.15) is 0 Å². The van der Waals surface area contributed by atoms with Crippen molar-refractivity contribution in [1.29, 1.82) is 0 Å². The number of benzene rings is 1. The number of nitrogens with zero attached hydrogens (tertiary/aromatic N) is 2. The number of likely N-dealkylation sites (N-methyl/N-ethyl adjacent to an activating group) is 1. The Labute approximate surface area is 139 Å². The van der Waals surface area contributed by atoms with Gasteiger partial charge in [-0.3, -0.25) is 4.79 Å². The molecule has 1 aromatic carbocycles. The second-order valence-electron chi connectivity index (χ2n) is 6.07. The van der Waals surface area contributed by atoms with Crippen LogP contribution in [-0.2, 0) is 11.3 Å². The Balaban J connectivity index is 2.03. The number of methoxy groups -OCH3 is 1. The Morgan fingerprint density at radius 3 is 2.91 bits per heavy atom. The highest BCUT2D eigenvalue weighted by atomic mass is 32.1. The summed E-state index contributed by atoms with van der Waals surface area (Å²) in [6.45, 7) is 4.70. The van der Waals surface area contributed by atoms with E-state index in [1.165, 1.54) is 17.4 Å². The number of hydrogen-bond acceptors (Lipinski definition) is 4. The third-order valence-electron chi connectivity index (χ3n) is 4.34. The van der Waals surface area contributed by atoms with E-state index in [1.54, 1.807) is 13.2 Å². The predicted octanol–water partition coefficient (Wildman–Crippen LogP) is 2.96. The van der Waals surface area contributed by atoms with E-state index in [1.807, 2.05) is 11.0 Å². The molecule has 1 aromatic heterocycles. The van der Waals surface area contributed by atoms with Crippen molar-refractivity contribution in [3.05, 3.63) is 34.5 Å². The first-order valence-corrected chi connectivity index (χ1v) is 8.53. The van der Waals surface area contributed by atoms with Crippen molar-refractivity contribution in [1.82, 2.24) is 9.80 Å². The van der Waals surface area contributed by atoms with Gasteiger partial charge < -0.3 is 14.5 Å². The molecule has 0 N–H and O–H groups in total. The van der Waals surface area contributed by atoms with Gasteiger partial charge in [-0.05, 0) is 26.1 Å². The van der Waals surface area contributed by atoms with Crippen molar-refractivity contribution in [2.45, 2.75) is 19.6 Å². The van der Waals surface area contributed by atoms with Crippen LogP contribution in [-0.4, -0.2) is 55.5 Å². The molecule has 23 heavy (non-hydrogen) atoms. The highest BCUT2D eigenvalue weighted by Gasteiger charge is 2.30. The fourth-order valence-electron chi connectivity index (χ4n) is 3.19. The van der Waals surface area contributed by atoms with Crippen LogP contribution < -0.4 is 0 Å². The van der Waals surface area contributed by atoms with Gasteiger partial charge in [-0.15, -0.1) is 11.3 Å². The van der Waals surface area contributed by atoms with Crippen LogP contribution in [0.25, 0.3) is 10.1 Å². The van der Waals surface area contributed by atoms with E-state index in [-0.39, 0.29) is 24.4 Å². The number of halogens is 1. The lowest BCUT2D eigenvalue weighted by atomic mass is 10.1. The van der Waals surface area contributed by atoms with Gasteiger partial charge in [0, 0.05) is 48.4 Å². The van der Waals surface area contributed by atoms with E-state index in [9.17, 15) is 9.18 Å². The number of hydrogen-bond donors (Lipinski definition) is 0. The molecule has 1 saturated heterocycles. The van der Waals surface area contributed by atoms with E-state index >= 15 is 0 Å². The molecule has 4 nitrogen and oxygen atoms in total. The lowest BCUT2D eigenvalue weighted by Crippen LogP contribution is -2.52. The minimum atomic E-state index is -0.295. The number of carbonyl (C=O) groups is 1. The second-order valence-corrected chi connectivity index (χ2v) is 7.12. The van der Waals surface area contributed by atoms with Gasteiger partial charge in [0.15, 0.2) is 0 Å². The van der Waals surface area contributed by atoms with Crippen LogP contribution in [0.4, 0.5) is 4.39 Å². The first kappa shape index (κ1) is 16.4. The summed E-state index contributed by atoms with van der Waals surface area (Å²) in [5, 5.41) is 0.518. The molecule has 0 aliphatic carbocycles. The molecule has 6 heteroatoms. The van der Waals surface area contributed by atoms with E-state index in [0.29, 0.717) is 22.4 Å². The van der Waals surface area contributed by atoms with Crippen LogP contribution in [0.15, 0.2) is 18.2 Å². The maximum absolute atomic E-state index is 14.2. The fraction of sp³-hybridized carbons (Fsp3) is 0.471. The lowest BCUT2D eigenvalue weighted by molar-refractivity contribution is 0.0535. The number of piperazine rings is 1. The quantitative estimate of drug-likeness (QED) is 0.864. The standard InChI is InChI=1S/C17H21FN2O2S/c1-11-9-19(2)7-8-20(11)17(21)16-12(10-22-3)15-13(18)5-4-6-14(15)23-16/h4-6,11H,7-10H2,1-3H3. The normalized spacial score (nSPS) is 19.5. The van der Waals surface area contributed by atoms with Crippen molar-refractivity contribution < 1.29 is 13.9 Å². The van der Waals surface area contributed by atoms with Gasteiger partial charge in [-0.25, -0.2) is 4.39 Å². The topological polar surface area (TPSA) is 32.8 Å². The smallest absolute Gasteiger partial charge is 0.264 e. The van der Waals surface area contributed by atoms with Crippen LogP contribution in [0.3, 0.4) is 0 Å². The molecule has 124 valence electrons. The summed E-state index contributed by atoms with van der Waals surface area (Å²) >= 11 is 1.36. The molecular weight excluding hydrogens is 315 g/mol. The lowest BCUT2D eigenvalue weighted by Gasteiger charge is -2.38. The zero-order valence-corrected chi connectivity index (χ0v) is 14.5. The average molecular weight is 336 g/mol. The molecule has 2 heterocycles. The molecule has 1 fully saturated rings. The summed E-state index contributed by atoms with van der Waals surface area (Å²) in [7, 11) is 3.63. The van der Waals surface area contributed by atoms with Crippen LogP contribution in [0.2, 0.25) is 0 Å². The summed E-state index contributed by atoms with van der Waals surface area (Å²) < 4.78 is 20.3. The molecule has 0 saturated carbocycles. The summed E-state index contributed by atoms with van der Waals surface area (Å²) in [6.07, 6.45) is 0. The molecule has 1 aliphatic rings. The fourth-order valence-corrected chi connectivity index (χ4v) is 4.37. The number of rotatable bonds is 3. The summed E-state index contributed by atoms with van der Waals surface area (Å²) in [5.41, 5.74) is 0.668. The van der Waals surface area contributed by atoms with E-state index in [2.05, 4.69) is 18.9 Å².